The number of nitrogens with zero attached hydrogens (tertiary/aromatic N) is 1. The molecule has 2 aliphatic rings. The highest BCUT2D eigenvalue weighted by Gasteiger charge is 2.35. The highest BCUT2D eigenvalue weighted by atomic mass is 16.5. The number of nitrogens with one attached hydrogen (secondary N) is 2. The smallest absolute Gasteiger partial charge is 0.338 e. The number of ether oxygens (including phenoxy) is 1. The first-order valence-electron chi connectivity index (χ1n) is 10.2. The predicted octanol–water partition coefficient (Wildman–Crippen LogP) is 3.35. The Labute approximate surface area is 167 Å². The van der Waals surface area contributed by atoms with Gasteiger partial charge in [-0.1, -0.05) is 30.2 Å². The van der Waals surface area contributed by atoms with Gasteiger partial charge in [0, 0.05) is 18.3 Å². The number of aryl methyl sites for hydroxylation is 2. The molecule has 0 unspecified atom stereocenters. The van der Waals surface area contributed by atoms with Gasteiger partial charge in [0.1, 0.15) is 0 Å². The average Bonchev–Trinajstić information content (AvgIpc) is 2.65. The Balaban J connectivity index is 2.05. The summed E-state index contributed by atoms with van der Waals surface area (Å²) in [5.74, 6) is -0.374. The van der Waals surface area contributed by atoms with Crippen LogP contribution in [0.2, 0.25) is 0 Å². The molecule has 2 heterocycles. The molecule has 28 heavy (non-hydrogen) atoms. The van der Waals surface area contributed by atoms with Crippen LogP contribution >= 0.6 is 0 Å². The van der Waals surface area contributed by atoms with Crippen LogP contribution in [0.5, 0.6) is 0 Å². The second-order valence-corrected chi connectivity index (χ2v) is 7.82. The Morgan fingerprint density at radius 3 is 2.79 bits per heavy atom. The fourth-order valence-electron chi connectivity index (χ4n) is 4.09. The Morgan fingerprint density at radius 1 is 1.29 bits per heavy atom. The third-order valence-electron chi connectivity index (χ3n) is 5.70. The van der Waals surface area contributed by atoms with Crippen molar-refractivity contribution in [2.75, 3.05) is 19.7 Å². The van der Waals surface area contributed by atoms with E-state index in [0.29, 0.717) is 30.5 Å². The third-order valence-corrected chi connectivity index (χ3v) is 5.70. The number of hydrogen-bond donors (Lipinski definition) is 2. The van der Waals surface area contributed by atoms with Crippen molar-refractivity contribution in [1.82, 2.24) is 15.5 Å². The number of urea groups is 1. The minimum atomic E-state index is -0.511. The molecule has 0 aromatic heterocycles. The first-order valence-corrected chi connectivity index (χ1v) is 10.2. The number of rotatable bonds is 5. The van der Waals surface area contributed by atoms with Crippen LogP contribution < -0.4 is 10.6 Å². The summed E-state index contributed by atoms with van der Waals surface area (Å²) in [4.78, 5) is 27.7. The van der Waals surface area contributed by atoms with Crippen LogP contribution in [0.25, 0.3) is 0 Å². The molecule has 0 bridgehead atoms. The lowest BCUT2D eigenvalue weighted by atomic mass is 9.90. The molecule has 1 aromatic carbocycles. The predicted molar refractivity (Wildman–Crippen MR) is 109 cm³/mol. The molecule has 0 spiro atoms. The van der Waals surface area contributed by atoms with Crippen LogP contribution in [0.4, 0.5) is 4.79 Å². The molecule has 2 amide bonds. The largest absolute Gasteiger partial charge is 0.463 e. The molecular weight excluding hydrogens is 354 g/mol. The molecule has 1 fully saturated rings. The van der Waals surface area contributed by atoms with Crippen molar-refractivity contribution in [2.45, 2.75) is 59.0 Å². The van der Waals surface area contributed by atoms with Gasteiger partial charge < -0.3 is 15.4 Å². The molecule has 1 aromatic rings. The summed E-state index contributed by atoms with van der Waals surface area (Å²) in [5.41, 5.74) is 4.21. The summed E-state index contributed by atoms with van der Waals surface area (Å²) in [6, 6.07) is 5.73. The Hall–Kier alpha value is -2.34. The van der Waals surface area contributed by atoms with E-state index in [9.17, 15) is 9.59 Å². The Kier molecular flexibility index (Phi) is 6.39. The van der Waals surface area contributed by atoms with E-state index in [1.165, 1.54) is 6.42 Å². The van der Waals surface area contributed by atoms with Gasteiger partial charge >= 0.3 is 12.0 Å². The molecule has 2 aliphatic heterocycles. The normalized spacial score (nSPS) is 23.2. The summed E-state index contributed by atoms with van der Waals surface area (Å²) in [5, 5.41) is 5.84. The zero-order valence-electron chi connectivity index (χ0n) is 17.3. The fraction of sp³-hybridized carbons (Fsp3) is 0.545. The van der Waals surface area contributed by atoms with Crippen molar-refractivity contribution < 1.29 is 14.3 Å². The molecular formula is C22H31N3O3. The highest BCUT2D eigenvalue weighted by Crippen LogP contribution is 2.31. The van der Waals surface area contributed by atoms with Crippen molar-refractivity contribution in [3.05, 3.63) is 46.2 Å². The molecule has 0 aliphatic carbocycles. The quantitative estimate of drug-likeness (QED) is 0.763. The minimum absolute atomic E-state index is 0.279. The van der Waals surface area contributed by atoms with Crippen molar-refractivity contribution in [1.29, 1.82) is 0 Å². The molecule has 6 heteroatoms. The Morgan fingerprint density at radius 2 is 2.07 bits per heavy atom. The average molecular weight is 386 g/mol. The van der Waals surface area contributed by atoms with Gasteiger partial charge in [-0.2, -0.15) is 0 Å². The number of benzene rings is 1. The van der Waals surface area contributed by atoms with Gasteiger partial charge in [-0.05, 0) is 58.2 Å². The number of carbonyl (C=O) groups excluding carboxylic acids is 2. The third kappa shape index (κ3) is 4.38. The van der Waals surface area contributed by atoms with Gasteiger partial charge in [-0.15, -0.1) is 0 Å². The molecule has 3 rings (SSSR count). The van der Waals surface area contributed by atoms with E-state index in [4.69, 9.17) is 4.74 Å². The maximum atomic E-state index is 12.9. The number of piperidine rings is 1. The minimum Gasteiger partial charge on any atom is -0.463 e. The zero-order chi connectivity index (χ0) is 20.3. The van der Waals surface area contributed by atoms with E-state index in [-0.39, 0.29) is 12.0 Å². The molecule has 1 saturated heterocycles. The van der Waals surface area contributed by atoms with Crippen LogP contribution in [0, 0.1) is 13.8 Å². The molecule has 152 valence electrons. The second kappa shape index (κ2) is 8.78. The van der Waals surface area contributed by atoms with Crippen LogP contribution in [-0.2, 0) is 9.53 Å². The maximum Gasteiger partial charge on any atom is 0.338 e. The van der Waals surface area contributed by atoms with Crippen molar-refractivity contribution in [3.8, 4) is 0 Å². The topological polar surface area (TPSA) is 70.7 Å². The van der Waals surface area contributed by atoms with Crippen LogP contribution in [0.1, 0.15) is 55.8 Å². The summed E-state index contributed by atoms with van der Waals surface area (Å²) in [7, 11) is 0. The number of likely N-dealkylation sites (tertiary alicyclic amines) is 1. The van der Waals surface area contributed by atoms with E-state index < -0.39 is 6.04 Å². The fourth-order valence-corrected chi connectivity index (χ4v) is 4.09. The standard InChI is InChI=1S/C22H31N3O3/c1-5-28-21(26)19-18(13-25-11-7-6-8-16(25)4)23-22(27)24-20(19)17-12-14(2)9-10-15(17)3/h9-10,12,16,20H,5-8,11,13H2,1-4H3,(H2,23,24,27)/t16-,20+/m1/s1. The molecule has 2 N–H and O–H groups in total. The molecule has 0 saturated carbocycles. The number of amides is 2. The van der Waals surface area contributed by atoms with E-state index in [0.717, 1.165) is 36.1 Å². The lowest BCUT2D eigenvalue weighted by Crippen LogP contribution is -2.50. The van der Waals surface area contributed by atoms with E-state index in [2.05, 4.69) is 22.5 Å². The first kappa shape index (κ1) is 20.4. The van der Waals surface area contributed by atoms with Gasteiger partial charge in [-0.3, -0.25) is 4.90 Å². The van der Waals surface area contributed by atoms with Crippen molar-refractivity contribution >= 4 is 12.0 Å². The van der Waals surface area contributed by atoms with Gasteiger partial charge in [0.15, 0.2) is 0 Å². The van der Waals surface area contributed by atoms with Crippen LogP contribution in [0.15, 0.2) is 29.5 Å². The second-order valence-electron chi connectivity index (χ2n) is 7.82. The number of carbonyl (C=O) groups is 2. The summed E-state index contributed by atoms with van der Waals surface area (Å²) >= 11 is 0. The first-order chi connectivity index (χ1) is 13.4. The van der Waals surface area contributed by atoms with E-state index in [1.807, 2.05) is 32.0 Å². The molecule has 6 nitrogen and oxygen atoms in total. The number of esters is 1. The monoisotopic (exact) mass is 385 g/mol. The maximum absolute atomic E-state index is 12.9. The zero-order valence-corrected chi connectivity index (χ0v) is 17.3. The van der Waals surface area contributed by atoms with Crippen molar-refractivity contribution in [2.24, 2.45) is 0 Å². The van der Waals surface area contributed by atoms with Gasteiger partial charge in [0.05, 0.1) is 18.2 Å². The molecule has 2 atom stereocenters. The molecule has 0 radical (unpaired) electrons. The Bertz CT molecular complexity index is 787. The van der Waals surface area contributed by atoms with Gasteiger partial charge in [-0.25, -0.2) is 9.59 Å². The summed E-state index contributed by atoms with van der Waals surface area (Å²) < 4.78 is 5.38. The van der Waals surface area contributed by atoms with Gasteiger partial charge in [0.2, 0.25) is 0 Å². The summed E-state index contributed by atoms with van der Waals surface area (Å²) in [6.45, 7) is 9.82. The van der Waals surface area contributed by atoms with Crippen LogP contribution in [0.3, 0.4) is 0 Å². The lowest BCUT2D eigenvalue weighted by molar-refractivity contribution is -0.139. The van der Waals surface area contributed by atoms with Crippen LogP contribution in [-0.4, -0.2) is 42.6 Å². The van der Waals surface area contributed by atoms with Crippen molar-refractivity contribution in [3.63, 3.8) is 0 Å². The van der Waals surface area contributed by atoms with E-state index in [1.54, 1.807) is 6.92 Å². The summed E-state index contributed by atoms with van der Waals surface area (Å²) in [6.07, 6.45) is 3.49. The SMILES string of the molecule is CCOC(=O)C1=C(CN2CCCC[C@H]2C)NC(=O)N[C@H]1c1cc(C)ccc1C. The highest BCUT2D eigenvalue weighted by molar-refractivity contribution is 5.95. The van der Waals surface area contributed by atoms with Gasteiger partial charge in [0.25, 0.3) is 0 Å². The lowest BCUT2D eigenvalue weighted by Gasteiger charge is -2.37. The number of hydrogen-bond acceptors (Lipinski definition) is 4. The van der Waals surface area contributed by atoms with E-state index >= 15 is 0 Å².